The molecule has 4 aromatic heterocycles. The summed E-state index contributed by atoms with van der Waals surface area (Å²) in [4.78, 5) is 9.14. The Kier molecular flexibility index (Phi) is 9.61. The fraction of sp³-hybridized carbons (Fsp3) is 0.190. The van der Waals surface area contributed by atoms with E-state index in [2.05, 4.69) is 128 Å². The van der Waals surface area contributed by atoms with E-state index in [9.17, 15) is 0 Å². The van der Waals surface area contributed by atoms with Crippen LogP contribution < -0.4 is 0 Å². The van der Waals surface area contributed by atoms with Crippen molar-refractivity contribution in [2.45, 2.75) is 52.4 Å². The Morgan fingerprint density at radius 2 is 1.06 bits per heavy atom. The SMILES string of the molecule is CC(C)(C)c1ccnc(-c2[c-]ccc3c2oc2ccccc23)c1.CC(C)(C)c1ccnc(-c2cccc3c2oc2ccccc23)c1.[Cl][Pt+]. The summed E-state index contributed by atoms with van der Waals surface area (Å²) >= 11 is 1.61. The molecule has 244 valence electrons. The van der Waals surface area contributed by atoms with Gasteiger partial charge in [0.05, 0.1) is 11.3 Å². The first-order chi connectivity index (χ1) is 23.1. The molecule has 0 amide bonds. The van der Waals surface area contributed by atoms with Crippen molar-refractivity contribution in [3.8, 4) is 22.5 Å². The molecule has 0 bridgehead atoms. The Bertz CT molecular complexity index is 2190. The van der Waals surface area contributed by atoms with Gasteiger partial charge in [0.15, 0.2) is 0 Å². The number of pyridine rings is 2. The minimum atomic E-state index is 0.0828. The molecular weight excluding hydrogens is 795 g/mol. The van der Waals surface area contributed by atoms with Crippen molar-refractivity contribution < 1.29 is 27.6 Å². The number of halogens is 1. The van der Waals surface area contributed by atoms with Gasteiger partial charge in [-0.05, 0) is 64.0 Å². The van der Waals surface area contributed by atoms with Crippen LogP contribution in [-0.2, 0) is 29.6 Å². The molecule has 0 aliphatic rings. The number of furan rings is 2. The standard InChI is InChI=1S/C21H19NO.C21H18NO.ClH.Pt/c2*1-21(2,3)14-11-12-22-18(13-14)17-9-6-8-16-15-7-4-5-10-19(15)23-20(16)17;;/h4-13H,1-3H3;4-8,10-13H,1-3H3;1H;/q;-1;;+2/p-1. The monoisotopic (exact) mass is 831 g/mol. The maximum atomic E-state index is 6.12. The van der Waals surface area contributed by atoms with Crippen LogP contribution in [0.15, 0.2) is 124 Å². The molecule has 0 aliphatic carbocycles. The number of hydrogen-bond acceptors (Lipinski definition) is 4. The molecule has 8 aromatic rings. The molecule has 0 fully saturated rings. The van der Waals surface area contributed by atoms with Crippen molar-refractivity contribution in [2.24, 2.45) is 0 Å². The van der Waals surface area contributed by atoms with E-state index in [0.29, 0.717) is 0 Å². The predicted molar refractivity (Wildman–Crippen MR) is 196 cm³/mol. The van der Waals surface area contributed by atoms with Gasteiger partial charge in [0.1, 0.15) is 16.7 Å². The molecule has 4 heterocycles. The van der Waals surface area contributed by atoms with Gasteiger partial charge < -0.3 is 13.8 Å². The van der Waals surface area contributed by atoms with Crippen molar-refractivity contribution in [3.05, 3.63) is 133 Å². The molecule has 4 nitrogen and oxygen atoms in total. The first-order valence-corrected chi connectivity index (χ1v) is 18.7. The van der Waals surface area contributed by atoms with Crippen LogP contribution in [-0.4, -0.2) is 9.97 Å². The van der Waals surface area contributed by atoms with Crippen LogP contribution in [0.4, 0.5) is 0 Å². The zero-order chi connectivity index (χ0) is 34.1. The van der Waals surface area contributed by atoms with E-state index in [1.54, 1.807) is 18.8 Å². The molecule has 48 heavy (non-hydrogen) atoms. The normalized spacial score (nSPS) is 11.8. The molecule has 0 saturated heterocycles. The van der Waals surface area contributed by atoms with E-state index in [-0.39, 0.29) is 10.8 Å². The average molecular weight is 832 g/mol. The van der Waals surface area contributed by atoms with E-state index in [1.807, 2.05) is 54.9 Å². The topological polar surface area (TPSA) is 52.1 Å². The third-order valence-corrected chi connectivity index (χ3v) is 8.53. The van der Waals surface area contributed by atoms with Crippen molar-refractivity contribution in [1.29, 1.82) is 0 Å². The van der Waals surface area contributed by atoms with E-state index < -0.39 is 0 Å². The molecule has 8 rings (SSSR count). The van der Waals surface area contributed by atoms with Gasteiger partial charge in [0, 0.05) is 34.1 Å². The summed E-state index contributed by atoms with van der Waals surface area (Å²) in [5.74, 6) is 0. The van der Waals surface area contributed by atoms with Crippen LogP contribution in [0.2, 0.25) is 0 Å². The van der Waals surface area contributed by atoms with Crippen molar-refractivity contribution in [1.82, 2.24) is 9.97 Å². The fourth-order valence-corrected chi connectivity index (χ4v) is 5.91. The van der Waals surface area contributed by atoms with Gasteiger partial charge in [-0.3, -0.25) is 4.98 Å². The Morgan fingerprint density at radius 1 is 0.562 bits per heavy atom. The predicted octanol–water partition coefficient (Wildman–Crippen LogP) is 12.4. The minimum absolute atomic E-state index is 0.0828. The molecule has 4 aromatic carbocycles. The van der Waals surface area contributed by atoms with E-state index >= 15 is 0 Å². The Hall–Kier alpha value is -4.24. The van der Waals surface area contributed by atoms with Gasteiger partial charge in [-0.15, -0.1) is 18.2 Å². The second-order valence-electron chi connectivity index (χ2n) is 13.8. The summed E-state index contributed by atoms with van der Waals surface area (Å²) in [6, 6.07) is 38.3. The first kappa shape index (κ1) is 33.7. The van der Waals surface area contributed by atoms with Gasteiger partial charge in [-0.25, -0.2) is 0 Å². The van der Waals surface area contributed by atoms with Crippen molar-refractivity contribution in [2.75, 3.05) is 0 Å². The summed E-state index contributed by atoms with van der Waals surface area (Å²) in [5, 5.41) is 4.53. The summed E-state index contributed by atoms with van der Waals surface area (Å²) in [6.07, 6.45) is 3.75. The first-order valence-electron chi connectivity index (χ1n) is 15.9. The van der Waals surface area contributed by atoms with E-state index in [1.165, 1.54) is 11.1 Å². The summed E-state index contributed by atoms with van der Waals surface area (Å²) in [7, 11) is 4.61. The van der Waals surface area contributed by atoms with E-state index in [4.69, 9.17) is 8.83 Å². The Morgan fingerprint density at radius 3 is 1.67 bits per heavy atom. The van der Waals surface area contributed by atoms with Crippen LogP contribution in [0.25, 0.3) is 66.4 Å². The van der Waals surface area contributed by atoms with Gasteiger partial charge in [0.25, 0.3) is 0 Å². The number of hydrogen-bond donors (Lipinski definition) is 0. The second-order valence-corrected chi connectivity index (χ2v) is 13.8. The molecule has 0 radical (unpaired) electrons. The molecule has 0 spiro atoms. The number of benzene rings is 4. The number of fused-ring (bicyclic) bond motifs is 6. The summed E-state index contributed by atoms with van der Waals surface area (Å²) < 4.78 is 12.2. The number of para-hydroxylation sites is 3. The van der Waals surface area contributed by atoms with Crippen LogP contribution in [0.3, 0.4) is 0 Å². The van der Waals surface area contributed by atoms with E-state index in [0.717, 1.165) is 66.4 Å². The molecule has 0 saturated carbocycles. The quantitative estimate of drug-likeness (QED) is 0.163. The van der Waals surface area contributed by atoms with Crippen molar-refractivity contribution >= 4 is 53.3 Å². The fourth-order valence-electron chi connectivity index (χ4n) is 5.91. The van der Waals surface area contributed by atoms with Crippen LogP contribution in [0.5, 0.6) is 0 Å². The molecule has 6 heteroatoms. The average Bonchev–Trinajstić information content (AvgIpc) is 3.67. The van der Waals surface area contributed by atoms with Crippen molar-refractivity contribution in [3.63, 3.8) is 0 Å². The molecular formula is C42H37ClN2O2Pt. The summed E-state index contributed by atoms with van der Waals surface area (Å²) in [6.45, 7) is 13.3. The van der Waals surface area contributed by atoms with Gasteiger partial charge in [0.2, 0.25) is 0 Å². The third kappa shape index (κ3) is 6.70. The number of rotatable bonds is 2. The Balaban J connectivity index is 0.000000159. The van der Waals surface area contributed by atoms with Crippen LogP contribution in [0.1, 0.15) is 52.7 Å². The second kappa shape index (κ2) is 13.7. The third-order valence-electron chi connectivity index (χ3n) is 8.53. The zero-order valence-corrected chi connectivity index (χ0v) is 30.9. The molecule has 0 atom stereocenters. The summed E-state index contributed by atoms with van der Waals surface area (Å²) in [5.41, 5.74) is 10.1. The molecule has 0 N–H and O–H groups in total. The van der Waals surface area contributed by atoms with Gasteiger partial charge in [-0.2, -0.15) is 0 Å². The molecule has 0 aliphatic heterocycles. The molecule has 0 unspecified atom stereocenters. The van der Waals surface area contributed by atoms with Gasteiger partial charge >= 0.3 is 28.2 Å². The number of nitrogens with zero attached hydrogens (tertiary/aromatic N) is 2. The van der Waals surface area contributed by atoms with Gasteiger partial charge in [-0.1, -0.05) is 107 Å². The Labute approximate surface area is 297 Å². The zero-order valence-electron chi connectivity index (χ0n) is 27.9. The number of aromatic nitrogens is 2. The van der Waals surface area contributed by atoms with Crippen LogP contribution in [0, 0.1) is 6.07 Å². The van der Waals surface area contributed by atoms with Crippen LogP contribution >= 0.6 is 9.42 Å². The maximum absolute atomic E-state index is 6.12.